The maximum Gasteiger partial charge on any atom is 0.315 e. The molecule has 1 saturated carbocycles. The van der Waals surface area contributed by atoms with Crippen LogP contribution < -0.4 is 0 Å². The first-order chi connectivity index (χ1) is 10.1. The van der Waals surface area contributed by atoms with Crippen LogP contribution in [0.25, 0.3) is 0 Å². The van der Waals surface area contributed by atoms with Crippen LogP contribution in [0, 0.1) is 5.41 Å². The highest BCUT2D eigenvalue weighted by molar-refractivity contribution is 5.80. The molecule has 5 nitrogen and oxygen atoms in total. The number of esters is 1. The van der Waals surface area contributed by atoms with E-state index < -0.39 is 36.8 Å². The molecule has 1 rings (SSSR count). The van der Waals surface area contributed by atoms with Gasteiger partial charge in [-0.3, -0.25) is 4.79 Å². The lowest BCUT2D eigenvalue weighted by atomic mass is 9.94. The van der Waals surface area contributed by atoms with Gasteiger partial charge in [-0.15, -0.1) is 0 Å². The molecule has 1 fully saturated rings. The summed E-state index contributed by atoms with van der Waals surface area (Å²) in [6, 6.07) is 0. The first kappa shape index (κ1) is 18.4. The first-order valence-corrected chi connectivity index (χ1v) is 8.21. The van der Waals surface area contributed by atoms with Gasteiger partial charge in [0.05, 0.1) is 24.7 Å². The van der Waals surface area contributed by atoms with Crippen molar-refractivity contribution in [2.24, 2.45) is 5.41 Å². The van der Waals surface area contributed by atoms with Crippen molar-refractivity contribution in [2.75, 3.05) is 13.2 Å². The summed E-state index contributed by atoms with van der Waals surface area (Å²) < 4.78 is 5.06. The maximum atomic E-state index is 12.1. The van der Waals surface area contributed by atoms with E-state index in [4.69, 9.17) is 14.9 Å². The molecule has 1 atom stereocenters. The van der Waals surface area contributed by atoms with Gasteiger partial charge < -0.3 is 20.1 Å². The van der Waals surface area contributed by atoms with Crippen LogP contribution in [0.3, 0.4) is 0 Å². The zero-order valence-corrected chi connectivity index (χ0v) is 13.1. The van der Waals surface area contributed by atoms with E-state index in [0.717, 1.165) is 12.8 Å². The Morgan fingerprint density at radius 3 is 2.19 bits per heavy atom. The number of aliphatic hydroxyl groups excluding tert-OH is 3. The summed E-state index contributed by atoms with van der Waals surface area (Å²) in [5.74, 6) is -0.478. The van der Waals surface area contributed by atoms with E-state index in [2.05, 4.69) is 6.92 Å². The Morgan fingerprint density at radius 1 is 1.10 bits per heavy atom. The van der Waals surface area contributed by atoms with Gasteiger partial charge in [0.2, 0.25) is 0 Å². The Morgan fingerprint density at radius 2 is 1.67 bits per heavy atom. The third-order valence-corrected chi connectivity index (χ3v) is 4.35. The van der Waals surface area contributed by atoms with Crippen LogP contribution in [-0.2, 0) is 9.53 Å². The van der Waals surface area contributed by atoms with Gasteiger partial charge in [0, 0.05) is 0 Å². The molecule has 1 aliphatic rings. The standard InChI is InChI=1S/C16H30O5/c1-2-3-4-5-6-7-8-14(19)16(9-10-16)15(20)21-13(11-17)12-18/h13-14,17-19H,2-12H2,1H3. The molecule has 21 heavy (non-hydrogen) atoms. The number of rotatable bonds is 12. The van der Waals surface area contributed by atoms with Crippen molar-refractivity contribution in [1.29, 1.82) is 0 Å². The third-order valence-electron chi connectivity index (χ3n) is 4.35. The molecule has 0 amide bonds. The molecule has 0 radical (unpaired) electrons. The van der Waals surface area contributed by atoms with Gasteiger partial charge in [-0.2, -0.15) is 0 Å². The number of carbonyl (C=O) groups is 1. The predicted octanol–water partition coefficient (Wildman–Crippen LogP) is 1.77. The SMILES string of the molecule is CCCCCCCCC(O)C1(C(=O)OC(CO)CO)CC1. The summed E-state index contributed by atoms with van der Waals surface area (Å²) in [7, 11) is 0. The summed E-state index contributed by atoms with van der Waals surface area (Å²) in [5.41, 5.74) is -0.786. The molecule has 0 bridgehead atoms. The van der Waals surface area contributed by atoms with E-state index in [1.165, 1.54) is 25.7 Å². The molecule has 0 aromatic heterocycles. The fourth-order valence-electron chi connectivity index (χ4n) is 2.60. The van der Waals surface area contributed by atoms with Crippen molar-refractivity contribution >= 4 is 5.97 Å². The summed E-state index contributed by atoms with van der Waals surface area (Å²) in [5, 5.41) is 28.1. The highest BCUT2D eigenvalue weighted by atomic mass is 16.6. The minimum Gasteiger partial charge on any atom is -0.457 e. The number of hydrogen-bond acceptors (Lipinski definition) is 5. The van der Waals surface area contributed by atoms with Crippen molar-refractivity contribution in [2.45, 2.75) is 76.9 Å². The summed E-state index contributed by atoms with van der Waals surface area (Å²) in [6.07, 6.45) is 7.20. The van der Waals surface area contributed by atoms with E-state index in [1.807, 2.05) is 0 Å². The Kier molecular flexibility index (Phi) is 8.22. The normalized spacial score (nSPS) is 17.8. The highest BCUT2D eigenvalue weighted by Gasteiger charge is 2.56. The average Bonchev–Trinajstić information content (AvgIpc) is 3.29. The highest BCUT2D eigenvalue weighted by Crippen LogP contribution is 2.51. The van der Waals surface area contributed by atoms with Crippen molar-refractivity contribution in [3.05, 3.63) is 0 Å². The Bertz CT molecular complexity index is 297. The van der Waals surface area contributed by atoms with Gasteiger partial charge >= 0.3 is 5.97 Å². The maximum absolute atomic E-state index is 12.1. The smallest absolute Gasteiger partial charge is 0.315 e. The molecule has 0 heterocycles. The molecule has 0 saturated heterocycles. The fraction of sp³-hybridized carbons (Fsp3) is 0.938. The Labute approximate surface area is 127 Å². The molecule has 0 aromatic rings. The molecule has 0 aliphatic heterocycles. The van der Waals surface area contributed by atoms with Crippen molar-refractivity contribution in [1.82, 2.24) is 0 Å². The third kappa shape index (κ3) is 5.57. The lowest BCUT2D eigenvalue weighted by Crippen LogP contribution is -2.36. The van der Waals surface area contributed by atoms with E-state index >= 15 is 0 Å². The lowest BCUT2D eigenvalue weighted by molar-refractivity contribution is -0.165. The molecule has 124 valence electrons. The van der Waals surface area contributed by atoms with Crippen LogP contribution in [0.4, 0.5) is 0 Å². The van der Waals surface area contributed by atoms with E-state index in [9.17, 15) is 9.90 Å². The number of unbranched alkanes of at least 4 members (excludes halogenated alkanes) is 5. The zero-order valence-electron chi connectivity index (χ0n) is 13.1. The van der Waals surface area contributed by atoms with Crippen LogP contribution in [-0.4, -0.2) is 46.7 Å². The Balaban J connectivity index is 2.28. The molecule has 3 N–H and O–H groups in total. The van der Waals surface area contributed by atoms with Crippen LogP contribution in [0.5, 0.6) is 0 Å². The molecule has 0 aromatic carbocycles. The summed E-state index contributed by atoms with van der Waals surface area (Å²) >= 11 is 0. The number of ether oxygens (including phenoxy) is 1. The molecule has 1 aliphatic carbocycles. The minimum atomic E-state index is -0.879. The molecular weight excluding hydrogens is 272 g/mol. The van der Waals surface area contributed by atoms with E-state index in [1.54, 1.807) is 0 Å². The van der Waals surface area contributed by atoms with E-state index in [-0.39, 0.29) is 0 Å². The monoisotopic (exact) mass is 302 g/mol. The molecule has 0 spiro atoms. The average molecular weight is 302 g/mol. The predicted molar refractivity (Wildman–Crippen MR) is 79.7 cm³/mol. The van der Waals surface area contributed by atoms with Crippen LogP contribution >= 0.6 is 0 Å². The van der Waals surface area contributed by atoms with Crippen LogP contribution in [0.2, 0.25) is 0 Å². The van der Waals surface area contributed by atoms with Crippen molar-refractivity contribution in [3.63, 3.8) is 0 Å². The lowest BCUT2D eigenvalue weighted by Gasteiger charge is -2.23. The number of carbonyl (C=O) groups excluding carboxylic acids is 1. The summed E-state index contributed by atoms with van der Waals surface area (Å²) in [4.78, 5) is 12.1. The van der Waals surface area contributed by atoms with Gasteiger partial charge in [-0.1, -0.05) is 45.4 Å². The second-order valence-electron chi connectivity index (χ2n) is 6.12. The number of aliphatic hydroxyl groups is 3. The van der Waals surface area contributed by atoms with Gasteiger partial charge in [-0.25, -0.2) is 0 Å². The van der Waals surface area contributed by atoms with Gasteiger partial charge in [0.25, 0.3) is 0 Å². The van der Waals surface area contributed by atoms with Gasteiger partial charge in [0.15, 0.2) is 0 Å². The van der Waals surface area contributed by atoms with E-state index in [0.29, 0.717) is 19.3 Å². The van der Waals surface area contributed by atoms with Crippen molar-refractivity contribution in [3.8, 4) is 0 Å². The van der Waals surface area contributed by atoms with Crippen LogP contribution in [0.15, 0.2) is 0 Å². The van der Waals surface area contributed by atoms with Gasteiger partial charge in [0.1, 0.15) is 6.10 Å². The topological polar surface area (TPSA) is 87.0 Å². The second-order valence-corrected chi connectivity index (χ2v) is 6.12. The molecule has 1 unspecified atom stereocenters. The quantitative estimate of drug-likeness (QED) is 0.378. The van der Waals surface area contributed by atoms with Crippen LogP contribution in [0.1, 0.15) is 64.7 Å². The molecular formula is C16H30O5. The second kappa shape index (κ2) is 9.38. The first-order valence-electron chi connectivity index (χ1n) is 8.21. The van der Waals surface area contributed by atoms with Gasteiger partial charge in [-0.05, 0) is 19.3 Å². The largest absolute Gasteiger partial charge is 0.457 e. The molecule has 5 heteroatoms. The minimum absolute atomic E-state index is 0.397. The fourth-order valence-corrected chi connectivity index (χ4v) is 2.60. The zero-order chi connectivity index (χ0) is 15.7. The number of hydrogen-bond donors (Lipinski definition) is 3. The summed E-state index contributed by atoms with van der Waals surface area (Å²) in [6.45, 7) is 1.38. The Hall–Kier alpha value is -0.650. The van der Waals surface area contributed by atoms with Crippen molar-refractivity contribution < 1.29 is 24.9 Å².